The van der Waals surface area contributed by atoms with Gasteiger partial charge in [0.2, 0.25) is 15.9 Å². The molecule has 1 amide bonds. The van der Waals surface area contributed by atoms with Crippen LogP contribution in [0.3, 0.4) is 0 Å². The van der Waals surface area contributed by atoms with Gasteiger partial charge in [-0.2, -0.15) is 4.31 Å². The number of nitrogens with zero attached hydrogens (tertiary/aromatic N) is 2. The monoisotopic (exact) mass is 521 g/mol. The van der Waals surface area contributed by atoms with E-state index in [2.05, 4.69) is 26.2 Å². The van der Waals surface area contributed by atoms with Gasteiger partial charge in [-0.1, -0.05) is 0 Å². The number of amides is 1. The van der Waals surface area contributed by atoms with Crippen LogP contribution in [0.25, 0.3) is 10.2 Å². The molecule has 5 rings (SSSR count). The van der Waals surface area contributed by atoms with Crippen LogP contribution >= 0.6 is 27.3 Å². The largest absolute Gasteiger partial charge is 0.493 e. The minimum Gasteiger partial charge on any atom is -0.493 e. The van der Waals surface area contributed by atoms with Crippen molar-refractivity contribution in [3.8, 4) is 5.75 Å². The van der Waals surface area contributed by atoms with E-state index in [-0.39, 0.29) is 16.7 Å². The Morgan fingerprint density at radius 2 is 2.03 bits per heavy atom. The molecule has 0 aliphatic carbocycles. The fourth-order valence-electron chi connectivity index (χ4n) is 4.09. The molecule has 0 unspecified atom stereocenters. The Kier molecular flexibility index (Phi) is 5.49. The molecule has 2 aliphatic heterocycles. The summed E-state index contributed by atoms with van der Waals surface area (Å²) in [6.45, 7) is 1.18. The van der Waals surface area contributed by atoms with Crippen LogP contribution in [0.15, 0.2) is 45.2 Å². The fourth-order valence-corrected chi connectivity index (χ4v) is 7.45. The quantitative estimate of drug-likeness (QED) is 0.559. The second kappa shape index (κ2) is 8.16. The van der Waals surface area contributed by atoms with Gasteiger partial charge in [0, 0.05) is 41.2 Å². The number of halogens is 1. The van der Waals surface area contributed by atoms with Gasteiger partial charge in [-0.3, -0.25) is 4.79 Å². The van der Waals surface area contributed by atoms with Gasteiger partial charge in [-0.05, 0) is 59.1 Å². The molecule has 0 atom stereocenters. The van der Waals surface area contributed by atoms with E-state index in [1.54, 1.807) is 29.0 Å². The van der Waals surface area contributed by atoms with Crippen molar-refractivity contribution in [1.29, 1.82) is 0 Å². The van der Waals surface area contributed by atoms with Crippen molar-refractivity contribution < 1.29 is 17.9 Å². The molecule has 0 bridgehead atoms. The van der Waals surface area contributed by atoms with Gasteiger partial charge < -0.3 is 10.1 Å². The molecule has 31 heavy (non-hydrogen) atoms. The van der Waals surface area contributed by atoms with Crippen molar-refractivity contribution >= 4 is 59.1 Å². The maximum Gasteiger partial charge on any atom is 0.244 e. The predicted octanol–water partition coefficient (Wildman–Crippen LogP) is 4.03. The first-order valence-electron chi connectivity index (χ1n) is 10.0. The zero-order valence-corrected chi connectivity index (χ0v) is 19.7. The highest BCUT2D eigenvalue weighted by molar-refractivity contribution is 9.10. The average Bonchev–Trinajstić information content (AvgIpc) is 3.43. The number of anilines is 1. The van der Waals surface area contributed by atoms with Crippen LogP contribution in [0, 0.1) is 5.92 Å². The van der Waals surface area contributed by atoms with Gasteiger partial charge in [-0.15, -0.1) is 11.3 Å². The number of rotatable bonds is 4. The van der Waals surface area contributed by atoms with E-state index in [0.717, 1.165) is 21.5 Å². The Labute approximate surface area is 192 Å². The molecule has 7 nitrogen and oxygen atoms in total. The van der Waals surface area contributed by atoms with Gasteiger partial charge in [0.15, 0.2) is 0 Å². The number of thiazole rings is 1. The second-order valence-electron chi connectivity index (χ2n) is 7.66. The van der Waals surface area contributed by atoms with Crippen molar-refractivity contribution in [3.63, 3.8) is 0 Å². The van der Waals surface area contributed by atoms with E-state index in [1.807, 2.05) is 18.2 Å². The van der Waals surface area contributed by atoms with E-state index < -0.39 is 10.0 Å². The van der Waals surface area contributed by atoms with E-state index in [0.29, 0.717) is 49.1 Å². The third kappa shape index (κ3) is 3.86. The molecule has 2 aromatic carbocycles. The molecular formula is C21H20BrN3O4S2. The van der Waals surface area contributed by atoms with Crippen LogP contribution in [0.1, 0.15) is 18.4 Å². The Hall–Kier alpha value is -2.01. The van der Waals surface area contributed by atoms with Gasteiger partial charge in [0.1, 0.15) is 5.75 Å². The molecule has 1 saturated heterocycles. The number of ether oxygens (including phenoxy) is 1. The second-order valence-corrected chi connectivity index (χ2v) is 11.2. The van der Waals surface area contributed by atoms with Crippen molar-refractivity contribution in [2.45, 2.75) is 24.2 Å². The van der Waals surface area contributed by atoms with E-state index in [4.69, 9.17) is 4.74 Å². The van der Waals surface area contributed by atoms with Crippen LogP contribution in [-0.2, 0) is 21.2 Å². The zero-order valence-electron chi connectivity index (χ0n) is 16.5. The van der Waals surface area contributed by atoms with Crippen molar-refractivity contribution in [3.05, 3.63) is 45.9 Å². The topological polar surface area (TPSA) is 88.6 Å². The van der Waals surface area contributed by atoms with Crippen molar-refractivity contribution in [1.82, 2.24) is 9.29 Å². The smallest absolute Gasteiger partial charge is 0.244 e. The normalized spacial score (nSPS) is 17.5. The first kappa shape index (κ1) is 20.9. The molecule has 162 valence electrons. The lowest BCUT2D eigenvalue weighted by molar-refractivity contribution is -0.120. The Balaban J connectivity index is 1.26. The third-order valence-electron chi connectivity index (χ3n) is 5.81. The Morgan fingerprint density at radius 1 is 1.23 bits per heavy atom. The zero-order chi connectivity index (χ0) is 21.6. The number of aromatic nitrogens is 1. The SMILES string of the molecule is O=C(Nc1ccc2scnc2c1)C1CCN(S(=O)(=O)c2ccc3c(c2Br)CCO3)CC1. The number of benzene rings is 2. The summed E-state index contributed by atoms with van der Waals surface area (Å²) in [5.41, 5.74) is 4.24. The van der Waals surface area contributed by atoms with Crippen LogP contribution in [-0.4, -0.2) is 43.3 Å². The lowest BCUT2D eigenvalue weighted by Crippen LogP contribution is -2.41. The first-order chi connectivity index (χ1) is 14.9. The highest BCUT2D eigenvalue weighted by Crippen LogP contribution is 2.38. The minimum absolute atomic E-state index is 0.0810. The Bertz CT molecular complexity index is 1270. The summed E-state index contributed by atoms with van der Waals surface area (Å²) in [7, 11) is -3.65. The van der Waals surface area contributed by atoms with Gasteiger partial charge >= 0.3 is 0 Å². The molecule has 10 heteroatoms. The number of hydrogen-bond donors (Lipinski definition) is 1. The van der Waals surface area contributed by atoms with Crippen molar-refractivity contribution in [2.24, 2.45) is 5.92 Å². The summed E-state index contributed by atoms with van der Waals surface area (Å²) in [4.78, 5) is 17.3. The number of carbonyl (C=O) groups excluding carboxylic acids is 1. The van der Waals surface area contributed by atoms with Crippen LogP contribution in [0.4, 0.5) is 5.69 Å². The lowest BCUT2D eigenvalue weighted by Gasteiger charge is -2.31. The van der Waals surface area contributed by atoms with Gasteiger partial charge in [-0.25, -0.2) is 13.4 Å². The maximum atomic E-state index is 13.2. The predicted molar refractivity (Wildman–Crippen MR) is 123 cm³/mol. The summed E-state index contributed by atoms with van der Waals surface area (Å²) >= 11 is 5.02. The molecule has 1 N–H and O–H groups in total. The summed E-state index contributed by atoms with van der Waals surface area (Å²) < 4.78 is 35.1. The number of hydrogen-bond acceptors (Lipinski definition) is 6. The van der Waals surface area contributed by atoms with Crippen molar-refractivity contribution in [2.75, 3.05) is 25.0 Å². The molecule has 0 saturated carbocycles. The lowest BCUT2D eigenvalue weighted by atomic mass is 9.97. The number of nitrogens with one attached hydrogen (secondary N) is 1. The van der Waals surface area contributed by atoms with E-state index in [1.165, 1.54) is 4.31 Å². The summed E-state index contributed by atoms with van der Waals surface area (Å²) in [5, 5.41) is 2.95. The maximum absolute atomic E-state index is 13.2. The molecule has 3 aromatic rings. The Morgan fingerprint density at radius 3 is 2.84 bits per heavy atom. The number of sulfonamides is 1. The van der Waals surface area contributed by atoms with E-state index >= 15 is 0 Å². The third-order valence-corrected chi connectivity index (χ3v) is 9.73. The molecule has 0 radical (unpaired) electrons. The number of carbonyl (C=O) groups is 1. The molecule has 1 aromatic heterocycles. The molecule has 2 aliphatic rings. The summed E-state index contributed by atoms with van der Waals surface area (Å²) in [6, 6.07) is 8.99. The van der Waals surface area contributed by atoms with Gasteiger partial charge in [0.25, 0.3) is 0 Å². The summed E-state index contributed by atoms with van der Waals surface area (Å²) in [5.74, 6) is 0.425. The molecule has 3 heterocycles. The van der Waals surface area contributed by atoms with Crippen LogP contribution in [0.2, 0.25) is 0 Å². The average molecular weight is 522 g/mol. The van der Waals surface area contributed by atoms with Crippen LogP contribution < -0.4 is 10.1 Å². The molecule has 1 fully saturated rings. The molecule has 0 spiro atoms. The first-order valence-corrected chi connectivity index (χ1v) is 13.1. The van der Waals surface area contributed by atoms with E-state index in [9.17, 15) is 13.2 Å². The number of piperidine rings is 1. The van der Waals surface area contributed by atoms with Crippen LogP contribution in [0.5, 0.6) is 5.75 Å². The number of fused-ring (bicyclic) bond motifs is 2. The highest BCUT2D eigenvalue weighted by atomic mass is 79.9. The van der Waals surface area contributed by atoms with Gasteiger partial charge in [0.05, 0.1) is 27.2 Å². The minimum atomic E-state index is -3.65. The molecular weight excluding hydrogens is 502 g/mol. The standard InChI is InChI=1S/C21H20BrN3O4S2/c22-20-15-7-10-29-17(15)2-4-19(20)31(27,28)25-8-5-13(6-9-25)21(26)24-14-1-3-18-16(11-14)23-12-30-18/h1-4,11-13H,5-10H2,(H,24,26). The summed E-state index contributed by atoms with van der Waals surface area (Å²) in [6.07, 6.45) is 1.65. The highest BCUT2D eigenvalue weighted by Gasteiger charge is 2.34. The fraction of sp³-hybridized carbons (Fsp3) is 0.333.